The molecule has 0 aliphatic heterocycles. The number of ether oxygens (including phenoxy) is 1. The molecule has 0 spiro atoms. The van der Waals surface area contributed by atoms with Crippen molar-refractivity contribution in [3.63, 3.8) is 0 Å². The summed E-state index contributed by atoms with van der Waals surface area (Å²) in [6.45, 7) is 0. The zero-order valence-electron chi connectivity index (χ0n) is 9.67. The molecule has 0 aliphatic rings. The lowest BCUT2D eigenvalue weighted by molar-refractivity contribution is 0.0734. The number of para-hydroxylation sites is 1. The molecule has 2 aromatic carbocycles. The van der Waals surface area contributed by atoms with E-state index in [4.69, 9.17) is 4.74 Å². The first-order valence-corrected chi connectivity index (χ1v) is 7.21. The molecule has 3 nitrogen and oxygen atoms in total. The number of nitrogens with zero attached hydrogens (tertiary/aromatic N) is 1. The molecule has 94 valence electrons. The Labute approximate surface area is 122 Å². The van der Waals surface area contributed by atoms with Gasteiger partial charge in [-0.15, -0.1) is 11.3 Å². The Morgan fingerprint density at radius 1 is 1.21 bits per heavy atom. The van der Waals surface area contributed by atoms with Crippen LogP contribution in [0.1, 0.15) is 10.4 Å². The van der Waals surface area contributed by atoms with Gasteiger partial charge in [0.1, 0.15) is 5.75 Å². The summed E-state index contributed by atoms with van der Waals surface area (Å²) in [6.07, 6.45) is 0. The molecular weight excluding hydrogens is 326 g/mol. The van der Waals surface area contributed by atoms with Gasteiger partial charge in [-0.2, -0.15) is 0 Å². The maximum Gasteiger partial charge on any atom is 0.343 e. The van der Waals surface area contributed by atoms with Crippen molar-refractivity contribution < 1.29 is 9.53 Å². The van der Waals surface area contributed by atoms with Crippen LogP contribution in [0.25, 0.3) is 10.2 Å². The van der Waals surface area contributed by atoms with E-state index in [1.165, 1.54) is 11.3 Å². The van der Waals surface area contributed by atoms with Gasteiger partial charge in [0.2, 0.25) is 0 Å². The maximum atomic E-state index is 12.1. The number of rotatable bonds is 2. The lowest BCUT2D eigenvalue weighted by Gasteiger charge is -2.05. The molecule has 1 heterocycles. The minimum atomic E-state index is -0.373. The highest BCUT2D eigenvalue weighted by molar-refractivity contribution is 9.10. The van der Waals surface area contributed by atoms with Crippen LogP contribution in [0.15, 0.2) is 52.4 Å². The second-order valence-electron chi connectivity index (χ2n) is 3.85. The van der Waals surface area contributed by atoms with Gasteiger partial charge in [0, 0.05) is 0 Å². The largest absolute Gasteiger partial charge is 0.422 e. The highest BCUT2D eigenvalue weighted by atomic mass is 79.9. The number of halogens is 1. The topological polar surface area (TPSA) is 39.2 Å². The van der Waals surface area contributed by atoms with Gasteiger partial charge in [0.05, 0.1) is 25.8 Å². The van der Waals surface area contributed by atoms with Crippen molar-refractivity contribution in [2.45, 2.75) is 0 Å². The van der Waals surface area contributed by atoms with Gasteiger partial charge in [-0.1, -0.05) is 12.1 Å². The fraction of sp³-hybridized carbons (Fsp3) is 0. The minimum absolute atomic E-state index is 0.373. The molecule has 19 heavy (non-hydrogen) atoms. The molecule has 0 N–H and O–H groups in total. The first-order valence-electron chi connectivity index (χ1n) is 5.54. The van der Waals surface area contributed by atoms with Gasteiger partial charge in [0.15, 0.2) is 0 Å². The molecule has 3 aromatic rings. The number of carbonyl (C=O) groups is 1. The van der Waals surface area contributed by atoms with Crippen molar-refractivity contribution in [1.29, 1.82) is 0 Å². The first kappa shape index (κ1) is 12.3. The third-order valence-corrected chi connectivity index (χ3v) is 4.05. The van der Waals surface area contributed by atoms with Gasteiger partial charge in [-0.05, 0) is 46.3 Å². The minimum Gasteiger partial charge on any atom is -0.422 e. The Bertz CT molecular complexity index is 754. The van der Waals surface area contributed by atoms with Crippen LogP contribution in [0, 0.1) is 0 Å². The van der Waals surface area contributed by atoms with Crippen LogP contribution in [0.4, 0.5) is 0 Å². The van der Waals surface area contributed by atoms with E-state index in [0.717, 1.165) is 14.7 Å². The SMILES string of the molecule is O=C(Oc1ccccc1Br)c1ccc2ncsc2c1. The van der Waals surface area contributed by atoms with Crippen molar-refractivity contribution >= 4 is 43.5 Å². The summed E-state index contributed by atoms with van der Waals surface area (Å²) in [5.41, 5.74) is 3.17. The van der Waals surface area contributed by atoms with Crippen LogP contribution in [0.5, 0.6) is 5.75 Å². The molecule has 0 atom stereocenters. The molecule has 0 unspecified atom stereocenters. The molecule has 1 aromatic heterocycles. The Morgan fingerprint density at radius 3 is 2.89 bits per heavy atom. The molecular formula is C14H8BrNO2S. The van der Waals surface area contributed by atoms with Gasteiger partial charge in [0.25, 0.3) is 0 Å². The third kappa shape index (κ3) is 2.52. The van der Waals surface area contributed by atoms with E-state index >= 15 is 0 Å². The summed E-state index contributed by atoms with van der Waals surface area (Å²) in [5.74, 6) is 0.138. The standard InChI is InChI=1S/C14H8BrNO2S/c15-10-3-1-2-4-12(10)18-14(17)9-5-6-11-13(7-9)19-8-16-11/h1-8H. The van der Waals surface area contributed by atoms with Gasteiger partial charge in [-0.25, -0.2) is 9.78 Å². The third-order valence-electron chi connectivity index (χ3n) is 2.61. The zero-order valence-corrected chi connectivity index (χ0v) is 12.1. The van der Waals surface area contributed by atoms with E-state index in [2.05, 4.69) is 20.9 Å². The molecule has 0 bridgehead atoms. The van der Waals surface area contributed by atoms with Gasteiger partial charge in [-0.3, -0.25) is 0 Å². The molecule has 3 rings (SSSR count). The molecule has 0 fully saturated rings. The predicted octanol–water partition coefficient (Wildman–Crippen LogP) is 4.28. The van der Waals surface area contributed by atoms with Crippen molar-refractivity contribution in [1.82, 2.24) is 4.98 Å². The fourth-order valence-corrected chi connectivity index (χ4v) is 2.75. The van der Waals surface area contributed by atoms with Crippen LogP contribution in [-0.4, -0.2) is 11.0 Å². The quantitative estimate of drug-likeness (QED) is 0.519. The summed E-state index contributed by atoms with van der Waals surface area (Å²) < 4.78 is 7.08. The Kier molecular flexibility index (Phi) is 3.31. The second-order valence-corrected chi connectivity index (χ2v) is 5.60. The first-order chi connectivity index (χ1) is 9.24. The number of aromatic nitrogens is 1. The molecule has 0 aliphatic carbocycles. The number of thiazole rings is 1. The molecule has 0 radical (unpaired) electrons. The van der Waals surface area contributed by atoms with E-state index in [0.29, 0.717) is 11.3 Å². The van der Waals surface area contributed by atoms with Crippen molar-refractivity contribution in [2.75, 3.05) is 0 Å². The molecule has 0 saturated carbocycles. The summed E-state index contributed by atoms with van der Waals surface area (Å²) in [6, 6.07) is 12.6. The van der Waals surface area contributed by atoms with E-state index in [1.807, 2.05) is 24.3 Å². The number of hydrogen-bond acceptors (Lipinski definition) is 4. The van der Waals surface area contributed by atoms with Crippen molar-refractivity contribution in [3.05, 3.63) is 58.0 Å². The smallest absolute Gasteiger partial charge is 0.343 e. The molecule has 0 saturated heterocycles. The number of esters is 1. The summed E-state index contributed by atoms with van der Waals surface area (Å²) in [5, 5.41) is 0. The summed E-state index contributed by atoms with van der Waals surface area (Å²) >= 11 is 4.85. The lowest BCUT2D eigenvalue weighted by atomic mass is 10.2. The molecule has 5 heteroatoms. The van der Waals surface area contributed by atoms with E-state index in [9.17, 15) is 4.79 Å². The lowest BCUT2D eigenvalue weighted by Crippen LogP contribution is -2.08. The second kappa shape index (κ2) is 5.11. The van der Waals surface area contributed by atoms with Gasteiger partial charge >= 0.3 is 5.97 Å². The Hall–Kier alpha value is -1.72. The Morgan fingerprint density at radius 2 is 2.05 bits per heavy atom. The number of benzene rings is 2. The summed E-state index contributed by atoms with van der Waals surface area (Å²) in [4.78, 5) is 16.2. The van der Waals surface area contributed by atoms with Crippen molar-refractivity contribution in [3.8, 4) is 5.75 Å². The van der Waals surface area contributed by atoms with Crippen LogP contribution >= 0.6 is 27.3 Å². The van der Waals surface area contributed by atoms with Gasteiger partial charge < -0.3 is 4.74 Å². The number of hydrogen-bond donors (Lipinski definition) is 0. The fourth-order valence-electron chi connectivity index (χ4n) is 1.67. The predicted molar refractivity (Wildman–Crippen MR) is 78.7 cm³/mol. The van der Waals surface area contributed by atoms with Crippen LogP contribution in [0.2, 0.25) is 0 Å². The Balaban J connectivity index is 1.89. The summed E-state index contributed by atoms with van der Waals surface area (Å²) in [7, 11) is 0. The monoisotopic (exact) mass is 333 g/mol. The average Bonchev–Trinajstić information content (AvgIpc) is 2.88. The highest BCUT2D eigenvalue weighted by Crippen LogP contribution is 2.25. The zero-order chi connectivity index (χ0) is 13.2. The van der Waals surface area contributed by atoms with E-state index in [-0.39, 0.29) is 5.97 Å². The number of carbonyl (C=O) groups excluding carboxylic acids is 1. The average molecular weight is 334 g/mol. The maximum absolute atomic E-state index is 12.1. The van der Waals surface area contributed by atoms with Crippen LogP contribution in [-0.2, 0) is 0 Å². The normalized spacial score (nSPS) is 10.6. The van der Waals surface area contributed by atoms with Crippen LogP contribution in [0.3, 0.4) is 0 Å². The number of fused-ring (bicyclic) bond motifs is 1. The van der Waals surface area contributed by atoms with Crippen molar-refractivity contribution in [2.24, 2.45) is 0 Å². The van der Waals surface area contributed by atoms with E-state index < -0.39 is 0 Å². The van der Waals surface area contributed by atoms with Crippen LogP contribution < -0.4 is 4.74 Å². The highest BCUT2D eigenvalue weighted by Gasteiger charge is 2.11. The molecule has 0 amide bonds. The van der Waals surface area contributed by atoms with E-state index in [1.54, 1.807) is 23.7 Å².